The molecule has 0 bridgehead atoms. The number of alkyl halides is 3. The molecule has 0 aliphatic carbocycles. The summed E-state index contributed by atoms with van der Waals surface area (Å²) in [6.07, 6.45) is -4.43. The average Bonchev–Trinajstić information content (AvgIpc) is 2.59. The fourth-order valence-electron chi connectivity index (χ4n) is 2.11. The number of hydrogen-bond acceptors (Lipinski definition) is 4. The van der Waals surface area contributed by atoms with E-state index in [1.807, 2.05) is 0 Å². The number of carbonyl (C=O) groups excluding carboxylic acids is 2. The molecule has 0 spiro atoms. The minimum absolute atomic E-state index is 0.0720. The quantitative estimate of drug-likeness (QED) is 0.776. The lowest BCUT2D eigenvalue weighted by atomic mass is 10.1. The highest BCUT2D eigenvalue weighted by atomic mass is 19.4. The molecule has 0 saturated carbocycles. The zero-order chi connectivity index (χ0) is 20.2. The lowest BCUT2D eigenvalue weighted by molar-refractivity contribution is -0.137. The zero-order valence-electron chi connectivity index (χ0n) is 14.4. The number of hydrogen-bond donors (Lipinski definition) is 2. The number of rotatable bonds is 5. The molecule has 0 aliphatic rings. The molecule has 27 heavy (non-hydrogen) atoms. The first-order valence-electron chi connectivity index (χ1n) is 7.89. The van der Waals surface area contributed by atoms with Crippen LogP contribution in [-0.4, -0.2) is 21.8 Å². The molecule has 144 valence electrons. The molecule has 0 radical (unpaired) electrons. The van der Waals surface area contributed by atoms with Crippen LogP contribution in [0.4, 0.5) is 23.5 Å². The Hall–Kier alpha value is -3.04. The Kier molecular flexibility index (Phi) is 6.09. The molecule has 1 aromatic carbocycles. The van der Waals surface area contributed by atoms with Crippen LogP contribution in [0.15, 0.2) is 24.3 Å². The number of halogens is 4. The zero-order valence-corrected chi connectivity index (χ0v) is 14.4. The maximum atomic E-state index is 13.7. The van der Waals surface area contributed by atoms with Crippen LogP contribution in [0, 0.1) is 12.7 Å². The van der Waals surface area contributed by atoms with Gasteiger partial charge in [0.05, 0.1) is 5.56 Å². The number of amides is 2. The van der Waals surface area contributed by atoms with E-state index >= 15 is 0 Å². The number of nitrogens with zero attached hydrogens (tertiary/aromatic N) is 2. The van der Waals surface area contributed by atoms with Crippen molar-refractivity contribution in [2.75, 3.05) is 5.32 Å². The van der Waals surface area contributed by atoms with Crippen molar-refractivity contribution in [2.24, 2.45) is 0 Å². The van der Waals surface area contributed by atoms with E-state index in [0.29, 0.717) is 23.9 Å². The smallest absolute Gasteiger partial charge is 0.347 e. The number of aromatic nitrogens is 2. The third-order valence-electron chi connectivity index (χ3n) is 3.47. The monoisotopic (exact) mass is 384 g/mol. The second kappa shape index (κ2) is 8.11. The molecule has 6 nitrogen and oxygen atoms in total. The summed E-state index contributed by atoms with van der Waals surface area (Å²) >= 11 is 0. The molecular weight excluding hydrogens is 368 g/mol. The van der Waals surface area contributed by atoms with E-state index in [0.717, 1.165) is 0 Å². The number of nitrogens with one attached hydrogen (secondary N) is 2. The van der Waals surface area contributed by atoms with Gasteiger partial charge in [-0.25, -0.2) is 14.4 Å². The maximum absolute atomic E-state index is 13.7. The summed E-state index contributed by atoms with van der Waals surface area (Å²) in [6, 6.07) is 3.28. The second-order valence-electron chi connectivity index (χ2n) is 5.61. The van der Waals surface area contributed by atoms with Crippen LogP contribution in [-0.2, 0) is 17.5 Å². The van der Waals surface area contributed by atoms with Gasteiger partial charge in [0.25, 0.3) is 5.91 Å². The highest BCUT2D eigenvalue weighted by Gasteiger charge is 2.31. The Balaban J connectivity index is 2.15. The van der Waals surface area contributed by atoms with E-state index in [1.165, 1.54) is 6.07 Å². The number of benzene rings is 1. The van der Waals surface area contributed by atoms with Crippen LogP contribution in [0.3, 0.4) is 0 Å². The first-order chi connectivity index (χ1) is 12.6. The summed E-state index contributed by atoms with van der Waals surface area (Å²) in [5.74, 6) is -2.04. The van der Waals surface area contributed by atoms with Crippen molar-refractivity contribution in [1.29, 1.82) is 0 Å². The van der Waals surface area contributed by atoms with Gasteiger partial charge in [-0.2, -0.15) is 13.2 Å². The molecule has 0 aliphatic heterocycles. The highest BCUT2D eigenvalue weighted by molar-refractivity contribution is 5.93. The lowest BCUT2D eigenvalue weighted by Crippen LogP contribution is -2.25. The van der Waals surface area contributed by atoms with Crippen LogP contribution in [0.1, 0.15) is 40.7 Å². The topological polar surface area (TPSA) is 84.0 Å². The molecule has 2 N–H and O–H groups in total. The summed E-state index contributed by atoms with van der Waals surface area (Å²) in [6.45, 7) is 2.74. The van der Waals surface area contributed by atoms with E-state index in [1.54, 1.807) is 13.8 Å². The molecule has 10 heteroatoms. The Bertz CT molecular complexity index is 868. The minimum atomic E-state index is -4.62. The fraction of sp³-hybridized carbons (Fsp3) is 0.294. The van der Waals surface area contributed by atoms with E-state index in [4.69, 9.17) is 0 Å². The molecule has 2 aromatic rings. The summed E-state index contributed by atoms with van der Waals surface area (Å²) in [7, 11) is 0. The van der Waals surface area contributed by atoms with E-state index in [-0.39, 0.29) is 29.5 Å². The summed E-state index contributed by atoms with van der Waals surface area (Å²) in [5.41, 5.74) is -1.05. The third-order valence-corrected chi connectivity index (χ3v) is 3.47. The van der Waals surface area contributed by atoms with Gasteiger partial charge >= 0.3 is 6.18 Å². The van der Waals surface area contributed by atoms with Crippen molar-refractivity contribution in [3.05, 3.63) is 52.6 Å². The molecule has 0 atom stereocenters. The van der Waals surface area contributed by atoms with Crippen LogP contribution < -0.4 is 10.6 Å². The molecule has 0 saturated heterocycles. The Morgan fingerprint density at radius 2 is 1.85 bits per heavy atom. The number of aryl methyl sites for hydroxylation is 1. The van der Waals surface area contributed by atoms with Gasteiger partial charge in [-0.1, -0.05) is 6.92 Å². The molecule has 2 amide bonds. The summed E-state index contributed by atoms with van der Waals surface area (Å²) in [4.78, 5) is 31.5. The van der Waals surface area contributed by atoms with E-state index in [2.05, 4.69) is 20.6 Å². The van der Waals surface area contributed by atoms with E-state index in [9.17, 15) is 27.2 Å². The third kappa shape index (κ3) is 5.47. The van der Waals surface area contributed by atoms with Crippen molar-refractivity contribution in [3.63, 3.8) is 0 Å². The largest absolute Gasteiger partial charge is 0.416 e. The van der Waals surface area contributed by atoms with Crippen LogP contribution in [0.25, 0.3) is 0 Å². The lowest BCUT2D eigenvalue weighted by Gasteiger charge is -2.11. The summed E-state index contributed by atoms with van der Waals surface area (Å²) < 4.78 is 51.9. The normalized spacial score (nSPS) is 11.2. The fourth-order valence-corrected chi connectivity index (χ4v) is 2.11. The SMILES string of the molecule is CCC(=O)Nc1nc(C)cc(C(=O)NCc2cc(C(F)(F)F)ccc2F)n1. The van der Waals surface area contributed by atoms with Crippen molar-refractivity contribution in [2.45, 2.75) is 33.0 Å². The molecule has 2 rings (SSSR count). The van der Waals surface area contributed by atoms with Gasteiger partial charge in [-0.05, 0) is 31.2 Å². The maximum Gasteiger partial charge on any atom is 0.416 e. The predicted octanol–water partition coefficient (Wildman–Crippen LogP) is 3.22. The van der Waals surface area contributed by atoms with Gasteiger partial charge in [0.15, 0.2) is 0 Å². The Morgan fingerprint density at radius 1 is 1.15 bits per heavy atom. The minimum Gasteiger partial charge on any atom is -0.347 e. The van der Waals surface area contributed by atoms with Crippen molar-refractivity contribution in [1.82, 2.24) is 15.3 Å². The van der Waals surface area contributed by atoms with Gasteiger partial charge < -0.3 is 5.32 Å². The van der Waals surface area contributed by atoms with Gasteiger partial charge in [0.1, 0.15) is 11.5 Å². The average molecular weight is 384 g/mol. The van der Waals surface area contributed by atoms with Gasteiger partial charge in [0.2, 0.25) is 11.9 Å². The Morgan fingerprint density at radius 3 is 2.48 bits per heavy atom. The van der Waals surface area contributed by atoms with E-state index < -0.39 is 30.0 Å². The van der Waals surface area contributed by atoms with Crippen molar-refractivity contribution >= 4 is 17.8 Å². The number of anilines is 1. The number of carbonyl (C=O) groups is 2. The molecular formula is C17H16F4N4O2. The Labute approximate surface area is 152 Å². The molecule has 1 heterocycles. The predicted molar refractivity (Wildman–Crippen MR) is 88.3 cm³/mol. The highest BCUT2D eigenvalue weighted by Crippen LogP contribution is 2.30. The molecule has 1 aromatic heterocycles. The summed E-state index contributed by atoms with van der Waals surface area (Å²) in [5, 5.41) is 4.72. The van der Waals surface area contributed by atoms with Gasteiger partial charge in [-0.3, -0.25) is 14.9 Å². The van der Waals surface area contributed by atoms with Crippen molar-refractivity contribution in [3.8, 4) is 0 Å². The second-order valence-corrected chi connectivity index (χ2v) is 5.61. The van der Waals surface area contributed by atoms with Crippen molar-refractivity contribution < 1.29 is 27.2 Å². The van der Waals surface area contributed by atoms with Crippen LogP contribution in [0.5, 0.6) is 0 Å². The van der Waals surface area contributed by atoms with Crippen LogP contribution >= 0.6 is 0 Å². The van der Waals surface area contributed by atoms with Gasteiger partial charge in [-0.15, -0.1) is 0 Å². The first-order valence-corrected chi connectivity index (χ1v) is 7.89. The standard InChI is InChI=1S/C17H16F4N4O2/c1-3-14(26)25-16-23-9(2)6-13(24-16)15(27)22-8-10-7-11(17(19,20)21)4-5-12(10)18/h4-7H,3,8H2,1-2H3,(H,22,27)(H,23,24,25,26). The molecule has 0 fully saturated rings. The van der Waals surface area contributed by atoms with Gasteiger partial charge in [0, 0.05) is 24.2 Å². The van der Waals surface area contributed by atoms with Crippen LogP contribution in [0.2, 0.25) is 0 Å². The first kappa shape index (κ1) is 20.3. The molecule has 0 unspecified atom stereocenters.